The Morgan fingerprint density at radius 1 is 0.969 bits per heavy atom. The van der Waals surface area contributed by atoms with Gasteiger partial charge in [0, 0.05) is 43.7 Å². The molecule has 0 unspecified atom stereocenters. The van der Waals surface area contributed by atoms with Crippen molar-refractivity contribution in [3.63, 3.8) is 0 Å². The number of nitrogens with one attached hydrogen (secondary N) is 1. The lowest BCUT2D eigenvalue weighted by molar-refractivity contribution is -0.137. The summed E-state index contributed by atoms with van der Waals surface area (Å²) in [6.07, 6.45) is 4.69. The van der Waals surface area contributed by atoms with Crippen LogP contribution in [-0.4, -0.2) is 47.8 Å². The van der Waals surface area contributed by atoms with E-state index in [0.29, 0.717) is 28.2 Å². The average molecular weight is 474 g/mol. The number of piperazine rings is 1. The average Bonchev–Trinajstić information content (AvgIpc) is 3.31. The van der Waals surface area contributed by atoms with Crippen LogP contribution in [0.5, 0.6) is 0 Å². The van der Waals surface area contributed by atoms with Crippen LogP contribution in [-0.2, 0) is 22.6 Å². The van der Waals surface area contributed by atoms with E-state index in [9.17, 15) is 9.59 Å². The SMILES string of the molecule is O=C(Cc1cccc(Cl)c1)Nc1cccc(CN2CCN(C(=O)C3CCCC3)CC2)c1Cl. The summed E-state index contributed by atoms with van der Waals surface area (Å²) in [6, 6.07) is 13.0. The smallest absolute Gasteiger partial charge is 0.228 e. The van der Waals surface area contributed by atoms with Crippen LogP contribution in [0, 0.1) is 5.92 Å². The Kier molecular flexibility index (Phi) is 7.71. The summed E-state index contributed by atoms with van der Waals surface area (Å²) in [5, 5.41) is 4.10. The van der Waals surface area contributed by atoms with Gasteiger partial charge < -0.3 is 10.2 Å². The van der Waals surface area contributed by atoms with Crippen molar-refractivity contribution in [2.24, 2.45) is 5.92 Å². The first-order valence-electron chi connectivity index (χ1n) is 11.3. The van der Waals surface area contributed by atoms with E-state index in [1.807, 2.05) is 35.2 Å². The number of halogens is 2. The molecule has 2 amide bonds. The summed E-state index contributed by atoms with van der Waals surface area (Å²) in [6.45, 7) is 3.90. The molecule has 0 aromatic heterocycles. The van der Waals surface area contributed by atoms with Gasteiger partial charge in [-0.25, -0.2) is 0 Å². The van der Waals surface area contributed by atoms with Crippen LogP contribution in [0.2, 0.25) is 10.0 Å². The van der Waals surface area contributed by atoms with Gasteiger partial charge in [-0.15, -0.1) is 0 Å². The van der Waals surface area contributed by atoms with E-state index in [1.165, 1.54) is 12.8 Å². The quantitative estimate of drug-likeness (QED) is 0.641. The molecule has 1 aliphatic heterocycles. The Bertz CT molecular complexity index is 967. The molecule has 0 spiro atoms. The van der Waals surface area contributed by atoms with Crippen molar-refractivity contribution in [2.45, 2.75) is 38.6 Å². The first-order chi connectivity index (χ1) is 15.5. The van der Waals surface area contributed by atoms with Gasteiger partial charge in [0.1, 0.15) is 0 Å². The summed E-state index contributed by atoms with van der Waals surface area (Å²) in [4.78, 5) is 29.5. The molecule has 170 valence electrons. The van der Waals surface area contributed by atoms with Crippen molar-refractivity contribution in [1.29, 1.82) is 0 Å². The molecule has 1 N–H and O–H groups in total. The summed E-state index contributed by atoms with van der Waals surface area (Å²) in [5.41, 5.74) is 2.45. The van der Waals surface area contributed by atoms with E-state index >= 15 is 0 Å². The Hall–Kier alpha value is -2.08. The van der Waals surface area contributed by atoms with Gasteiger partial charge in [-0.2, -0.15) is 0 Å². The maximum Gasteiger partial charge on any atom is 0.228 e. The van der Waals surface area contributed by atoms with Gasteiger partial charge in [-0.1, -0.05) is 60.3 Å². The van der Waals surface area contributed by atoms with Crippen molar-refractivity contribution in [2.75, 3.05) is 31.5 Å². The molecule has 32 heavy (non-hydrogen) atoms. The third-order valence-corrected chi connectivity index (χ3v) is 7.07. The van der Waals surface area contributed by atoms with Gasteiger partial charge in [-0.3, -0.25) is 14.5 Å². The molecule has 0 bridgehead atoms. The zero-order valence-corrected chi connectivity index (χ0v) is 19.7. The van der Waals surface area contributed by atoms with Crippen LogP contribution < -0.4 is 5.32 Å². The highest BCUT2D eigenvalue weighted by molar-refractivity contribution is 6.34. The number of carbonyl (C=O) groups is 2. The maximum absolute atomic E-state index is 12.7. The Morgan fingerprint density at radius 3 is 2.41 bits per heavy atom. The normalized spacial score (nSPS) is 17.5. The van der Waals surface area contributed by atoms with Gasteiger partial charge in [0.2, 0.25) is 11.8 Å². The van der Waals surface area contributed by atoms with Crippen molar-refractivity contribution in [1.82, 2.24) is 9.80 Å². The van der Waals surface area contributed by atoms with Crippen LogP contribution in [0.15, 0.2) is 42.5 Å². The molecule has 0 radical (unpaired) electrons. The Labute approximate surface area is 199 Å². The number of rotatable bonds is 6. The highest BCUT2D eigenvalue weighted by atomic mass is 35.5. The van der Waals surface area contributed by atoms with Crippen molar-refractivity contribution < 1.29 is 9.59 Å². The van der Waals surface area contributed by atoms with Gasteiger partial charge in [-0.05, 0) is 42.2 Å². The van der Waals surface area contributed by atoms with E-state index in [1.54, 1.807) is 12.1 Å². The highest BCUT2D eigenvalue weighted by Crippen LogP contribution is 2.29. The van der Waals surface area contributed by atoms with Crippen LogP contribution in [0.1, 0.15) is 36.8 Å². The van der Waals surface area contributed by atoms with E-state index in [2.05, 4.69) is 10.2 Å². The van der Waals surface area contributed by atoms with Crippen LogP contribution in [0.25, 0.3) is 0 Å². The molecule has 4 rings (SSSR count). The molecule has 2 aliphatic rings. The fourth-order valence-corrected chi connectivity index (χ4v) is 5.07. The lowest BCUT2D eigenvalue weighted by Gasteiger charge is -2.36. The number of hydrogen-bond donors (Lipinski definition) is 1. The first kappa shape index (κ1) is 23.1. The summed E-state index contributed by atoms with van der Waals surface area (Å²) in [7, 11) is 0. The van der Waals surface area contributed by atoms with Crippen molar-refractivity contribution >= 4 is 40.7 Å². The first-order valence-corrected chi connectivity index (χ1v) is 12.1. The number of carbonyl (C=O) groups excluding carboxylic acids is 2. The Balaban J connectivity index is 1.31. The van der Waals surface area contributed by atoms with Gasteiger partial charge in [0.15, 0.2) is 0 Å². The molecule has 0 atom stereocenters. The molecule has 5 nitrogen and oxygen atoms in total. The number of anilines is 1. The number of hydrogen-bond acceptors (Lipinski definition) is 3. The van der Waals surface area contributed by atoms with E-state index < -0.39 is 0 Å². The highest BCUT2D eigenvalue weighted by Gasteiger charge is 2.29. The molecule has 1 saturated carbocycles. The predicted molar refractivity (Wildman–Crippen MR) is 129 cm³/mol. The predicted octanol–water partition coefficient (Wildman–Crippen LogP) is 5.01. The fraction of sp³-hybridized carbons (Fsp3) is 0.440. The van der Waals surface area contributed by atoms with E-state index in [4.69, 9.17) is 23.2 Å². The minimum atomic E-state index is -0.134. The van der Waals surface area contributed by atoms with Crippen molar-refractivity contribution in [3.05, 3.63) is 63.6 Å². The molecule has 2 fully saturated rings. The minimum absolute atomic E-state index is 0.134. The minimum Gasteiger partial charge on any atom is -0.340 e. The molecule has 2 aromatic carbocycles. The third-order valence-electron chi connectivity index (χ3n) is 6.39. The van der Waals surface area contributed by atoms with Crippen molar-refractivity contribution in [3.8, 4) is 0 Å². The van der Waals surface area contributed by atoms with E-state index in [-0.39, 0.29) is 18.2 Å². The van der Waals surface area contributed by atoms with Crippen LogP contribution >= 0.6 is 23.2 Å². The number of benzene rings is 2. The van der Waals surface area contributed by atoms with Crippen LogP contribution in [0.3, 0.4) is 0 Å². The lowest BCUT2D eigenvalue weighted by Crippen LogP contribution is -2.49. The summed E-state index contributed by atoms with van der Waals surface area (Å²) >= 11 is 12.6. The summed E-state index contributed by atoms with van der Waals surface area (Å²) < 4.78 is 0. The molecule has 1 heterocycles. The second-order valence-electron chi connectivity index (χ2n) is 8.72. The molecule has 7 heteroatoms. The lowest BCUT2D eigenvalue weighted by atomic mass is 10.1. The standard InChI is InChI=1S/C25H29Cl2N3O2/c26-21-9-3-5-18(15-21)16-23(31)28-22-10-4-8-20(24(22)27)17-29-11-13-30(14-12-29)25(32)19-6-1-2-7-19/h3-5,8-10,15,19H,1-2,6-7,11-14,16-17H2,(H,28,31). The zero-order valence-electron chi connectivity index (χ0n) is 18.2. The van der Waals surface area contributed by atoms with Gasteiger partial charge >= 0.3 is 0 Å². The number of nitrogens with zero attached hydrogens (tertiary/aromatic N) is 2. The molecule has 1 aliphatic carbocycles. The third kappa shape index (κ3) is 5.83. The second-order valence-corrected chi connectivity index (χ2v) is 9.53. The zero-order chi connectivity index (χ0) is 22.5. The van der Waals surface area contributed by atoms with Gasteiger partial charge in [0.05, 0.1) is 17.1 Å². The second kappa shape index (κ2) is 10.7. The molecule has 1 saturated heterocycles. The van der Waals surface area contributed by atoms with Crippen LogP contribution in [0.4, 0.5) is 5.69 Å². The molecular weight excluding hydrogens is 445 g/mol. The summed E-state index contributed by atoms with van der Waals surface area (Å²) in [5.74, 6) is 0.443. The monoisotopic (exact) mass is 473 g/mol. The topological polar surface area (TPSA) is 52.7 Å². The number of amides is 2. The maximum atomic E-state index is 12.7. The Morgan fingerprint density at radius 2 is 1.69 bits per heavy atom. The van der Waals surface area contributed by atoms with E-state index in [0.717, 1.165) is 50.1 Å². The fourth-order valence-electron chi connectivity index (χ4n) is 4.62. The van der Waals surface area contributed by atoms with Gasteiger partial charge in [0.25, 0.3) is 0 Å². The largest absolute Gasteiger partial charge is 0.340 e. The molecule has 2 aromatic rings. The molecular formula is C25H29Cl2N3O2.